The summed E-state index contributed by atoms with van der Waals surface area (Å²) >= 11 is 0. The number of esters is 1. The third kappa shape index (κ3) is 7.98. The highest BCUT2D eigenvalue weighted by Gasteiger charge is 2.35. The maximum Gasteiger partial charge on any atom is 0.316 e. The molecule has 1 N–H and O–H groups in total. The molecule has 2 radical (unpaired) electrons. The number of aryl methyl sites for hydroxylation is 1. The highest BCUT2D eigenvalue weighted by atomic mass is 16.5. The second kappa shape index (κ2) is 12.5. The van der Waals surface area contributed by atoms with Crippen LogP contribution in [0.1, 0.15) is 39.2 Å². The van der Waals surface area contributed by atoms with Gasteiger partial charge in [-0.25, -0.2) is 0 Å². The summed E-state index contributed by atoms with van der Waals surface area (Å²) in [6.07, 6.45) is 0.562. The minimum atomic E-state index is -1.21. The molecule has 0 bridgehead atoms. The summed E-state index contributed by atoms with van der Waals surface area (Å²) < 4.78 is 5.64. The van der Waals surface area contributed by atoms with Gasteiger partial charge in [-0.1, -0.05) is 25.1 Å². The van der Waals surface area contributed by atoms with Crippen molar-refractivity contribution < 1.29 is 19.4 Å². The van der Waals surface area contributed by atoms with Gasteiger partial charge in [0.15, 0.2) is 5.78 Å². The van der Waals surface area contributed by atoms with Gasteiger partial charge in [-0.3, -0.25) is 9.59 Å². The first-order valence-corrected chi connectivity index (χ1v) is 12.2. The van der Waals surface area contributed by atoms with Crippen LogP contribution in [0.25, 0.3) is 0 Å². The normalized spacial score (nSPS) is 12.3. The van der Waals surface area contributed by atoms with Crippen LogP contribution in [0.15, 0.2) is 93.3 Å². The fourth-order valence-electron chi connectivity index (χ4n) is 3.35. The number of aliphatic hydroxyl groups excluding tert-OH is 1. The van der Waals surface area contributed by atoms with Crippen molar-refractivity contribution in [3.05, 3.63) is 85.3 Å². The van der Waals surface area contributed by atoms with E-state index in [1.54, 1.807) is 51.1 Å². The van der Waals surface area contributed by atoms with Crippen molar-refractivity contribution in [3.8, 4) is 5.75 Å². The van der Waals surface area contributed by atoms with Crippen LogP contribution in [0.2, 0.25) is 0 Å². The van der Waals surface area contributed by atoms with E-state index in [2.05, 4.69) is 20.5 Å². The summed E-state index contributed by atoms with van der Waals surface area (Å²) in [5.74, 6) is -0.490. The van der Waals surface area contributed by atoms with Crippen molar-refractivity contribution in [2.75, 3.05) is 6.61 Å². The quantitative estimate of drug-likeness (QED) is 0.160. The van der Waals surface area contributed by atoms with Crippen LogP contribution < -0.4 is 4.74 Å². The molecule has 3 aromatic rings. The first kappa shape index (κ1) is 28.5. The van der Waals surface area contributed by atoms with Gasteiger partial charge in [0.25, 0.3) is 0 Å². The maximum absolute atomic E-state index is 12.8. The second-order valence-electron chi connectivity index (χ2n) is 9.97. The van der Waals surface area contributed by atoms with Crippen LogP contribution in [-0.4, -0.2) is 23.5 Å². The van der Waals surface area contributed by atoms with Crippen LogP contribution in [0.3, 0.4) is 0 Å². The summed E-state index contributed by atoms with van der Waals surface area (Å²) in [5.41, 5.74) is 1.38. The third-order valence-electron chi connectivity index (χ3n) is 6.13. The number of ether oxygens (including phenoxy) is 1. The number of hydrogen-bond acceptors (Lipinski definition) is 8. The predicted molar refractivity (Wildman–Crippen MR) is 146 cm³/mol. The molecule has 3 rings (SSSR count). The molecule has 196 valence electrons. The Morgan fingerprint density at radius 1 is 0.789 bits per heavy atom. The Balaban J connectivity index is 1.59. The van der Waals surface area contributed by atoms with E-state index in [0.29, 0.717) is 29.2 Å². The fraction of sp³-hybridized carbons (Fsp3) is 0.300. The van der Waals surface area contributed by atoms with Gasteiger partial charge in [-0.05, 0) is 101 Å². The van der Waals surface area contributed by atoms with E-state index in [1.165, 1.54) is 0 Å². The first-order chi connectivity index (χ1) is 18.0. The zero-order valence-electron chi connectivity index (χ0n) is 22.1. The lowest BCUT2D eigenvalue weighted by Gasteiger charge is -2.28. The molecule has 3 aromatic carbocycles. The van der Waals surface area contributed by atoms with E-state index in [0.717, 1.165) is 11.3 Å². The molecule has 0 aliphatic heterocycles. The molecule has 0 aliphatic carbocycles. The van der Waals surface area contributed by atoms with Crippen molar-refractivity contribution in [1.82, 2.24) is 0 Å². The van der Waals surface area contributed by atoms with Crippen LogP contribution in [0, 0.1) is 24.7 Å². The standard InChI is InChI=1S/C30H32N4O4/c1-21-19-25(34-33-24-13-11-23(12-14-24)32-31-22-9-7-6-8-10-22)15-16-26(21)38-28(37)30(4,5)18-17-29(2,3)27(36)20-35/h2,6-16,19,35H,17-18,20H2,1,3-5H3. The van der Waals surface area contributed by atoms with Crippen molar-refractivity contribution in [2.24, 2.45) is 31.3 Å². The van der Waals surface area contributed by atoms with E-state index >= 15 is 0 Å². The smallest absolute Gasteiger partial charge is 0.316 e. The van der Waals surface area contributed by atoms with Gasteiger partial charge in [-0.2, -0.15) is 20.5 Å². The van der Waals surface area contributed by atoms with Gasteiger partial charge in [0.2, 0.25) is 0 Å². The number of Topliss-reactive ketones (excluding diaryl/α,β-unsaturated/α-hetero) is 1. The molecule has 0 amide bonds. The Morgan fingerprint density at radius 2 is 1.29 bits per heavy atom. The van der Waals surface area contributed by atoms with Gasteiger partial charge in [0.05, 0.1) is 28.2 Å². The monoisotopic (exact) mass is 512 g/mol. The molecule has 8 heteroatoms. The lowest BCUT2D eigenvalue weighted by molar-refractivity contribution is -0.145. The third-order valence-corrected chi connectivity index (χ3v) is 6.13. The molecule has 38 heavy (non-hydrogen) atoms. The molecule has 1 atom stereocenters. The molecule has 0 heterocycles. The van der Waals surface area contributed by atoms with E-state index in [9.17, 15) is 9.59 Å². The number of rotatable bonds is 11. The van der Waals surface area contributed by atoms with Crippen molar-refractivity contribution in [1.29, 1.82) is 0 Å². The lowest BCUT2D eigenvalue weighted by Crippen LogP contribution is -2.33. The number of benzene rings is 3. The van der Waals surface area contributed by atoms with Crippen LogP contribution in [-0.2, 0) is 9.59 Å². The fourth-order valence-corrected chi connectivity index (χ4v) is 3.35. The van der Waals surface area contributed by atoms with Crippen LogP contribution in [0.5, 0.6) is 5.75 Å². The summed E-state index contributed by atoms with van der Waals surface area (Å²) in [6.45, 7) is 12.2. The van der Waals surface area contributed by atoms with Crippen LogP contribution in [0.4, 0.5) is 22.7 Å². The Morgan fingerprint density at radius 3 is 1.82 bits per heavy atom. The number of azo groups is 2. The first-order valence-electron chi connectivity index (χ1n) is 12.2. The number of aliphatic hydroxyl groups is 1. The molecule has 0 fully saturated rings. The zero-order chi connectivity index (χ0) is 27.8. The van der Waals surface area contributed by atoms with Gasteiger partial charge in [-0.15, -0.1) is 0 Å². The minimum absolute atomic E-state index is 0.240. The van der Waals surface area contributed by atoms with Crippen LogP contribution >= 0.6 is 0 Å². The molecular weight excluding hydrogens is 480 g/mol. The summed E-state index contributed by atoms with van der Waals surface area (Å²) in [5, 5.41) is 26.0. The highest BCUT2D eigenvalue weighted by Crippen LogP contribution is 2.34. The van der Waals surface area contributed by atoms with E-state index < -0.39 is 29.2 Å². The topological polar surface area (TPSA) is 113 Å². The summed E-state index contributed by atoms with van der Waals surface area (Å²) in [6, 6.07) is 21.9. The average Bonchev–Trinajstić information content (AvgIpc) is 2.91. The van der Waals surface area contributed by atoms with E-state index in [-0.39, 0.29) is 6.42 Å². The maximum atomic E-state index is 12.8. The second-order valence-corrected chi connectivity index (χ2v) is 9.97. The molecule has 0 aromatic heterocycles. The Hall–Kier alpha value is -4.04. The van der Waals surface area contributed by atoms with E-state index in [4.69, 9.17) is 16.8 Å². The molecule has 0 aliphatic rings. The number of carbonyl (C=O) groups is 2. The highest BCUT2D eigenvalue weighted by molar-refractivity contribution is 5.86. The Bertz CT molecular complexity index is 1310. The Kier molecular flexibility index (Phi) is 9.36. The summed E-state index contributed by atoms with van der Waals surface area (Å²) in [4.78, 5) is 24.6. The number of nitrogens with zero attached hydrogens (tertiary/aromatic N) is 4. The zero-order valence-corrected chi connectivity index (χ0v) is 22.1. The minimum Gasteiger partial charge on any atom is -0.426 e. The molecular formula is C30H32N4O4. The number of ketones is 1. The van der Waals surface area contributed by atoms with Crippen molar-refractivity contribution >= 4 is 34.5 Å². The molecule has 0 spiro atoms. The van der Waals surface area contributed by atoms with Crippen molar-refractivity contribution in [3.63, 3.8) is 0 Å². The molecule has 0 saturated heterocycles. The van der Waals surface area contributed by atoms with E-state index in [1.807, 2.05) is 49.4 Å². The SMILES string of the molecule is [CH]C(C)(CCC(C)(C)C(=O)Oc1ccc(N=Nc2ccc(N=Nc3ccccc3)cc2)cc1C)C(=O)CO. The summed E-state index contributed by atoms with van der Waals surface area (Å²) in [7, 11) is 0. The van der Waals surface area contributed by atoms with Gasteiger partial charge in [0, 0.05) is 5.41 Å². The molecule has 0 saturated carbocycles. The number of hydrogen-bond donors (Lipinski definition) is 1. The van der Waals surface area contributed by atoms with Gasteiger partial charge < -0.3 is 9.84 Å². The van der Waals surface area contributed by atoms with Crippen molar-refractivity contribution in [2.45, 2.75) is 40.5 Å². The lowest BCUT2D eigenvalue weighted by atomic mass is 9.77. The predicted octanol–water partition coefficient (Wildman–Crippen LogP) is 7.82. The number of carbonyl (C=O) groups excluding carboxylic acids is 2. The van der Waals surface area contributed by atoms with Gasteiger partial charge in [0.1, 0.15) is 12.4 Å². The molecule has 8 nitrogen and oxygen atoms in total. The largest absolute Gasteiger partial charge is 0.426 e. The Labute approximate surface area is 223 Å². The van der Waals surface area contributed by atoms with Gasteiger partial charge >= 0.3 is 5.97 Å². The molecule has 1 unspecified atom stereocenters. The average molecular weight is 513 g/mol.